The molecule has 6 heteroatoms. The van der Waals surface area contributed by atoms with Gasteiger partial charge >= 0.3 is 0 Å². The van der Waals surface area contributed by atoms with Crippen LogP contribution in [-0.2, 0) is 6.42 Å². The third-order valence-corrected chi connectivity index (χ3v) is 5.58. The summed E-state index contributed by atoms with van der Waals surface area (Å²) >= 11 is 1.37. The van der Waals surface area contributed by atoms with E-state index in [0.717, 1.165) is 12.1 Å². The van der Waals surface area contributed by atoms with Crippen LogP contribution in [0.4, 0.5) is 0 Å². The molecule has 0 radical (unpaired) electrons. The SMILES string of the molecule is CCc1ccc(C(=O)[C@@H](C)Sc2nnnn2-c2ccc(C(C)C)cc2)cc1. The number of aromatic nitrogens is 4. The van der Waals surface area contributed by atoms with Gasteiger partial charge in [-0.2, -0.15) is 4.68 Å². The molecule has 0 fully saturated rings. The van der Waals surface area contributed by atoms with Gasteiger partial charge in [-0.05, 0) is 52.9 Å². The molecule has 5 nitrogen and oxygen atoms in total. The molecule has 0 spiro atoms. The minimum absolute atomic E-state index is 0.0763. The minimum Gasteiger partial charge on any atom is -0.293 e. The van der Waals surface area contributed by atoms with E-state index in [-0.39, 0.29) is 11.0 Å². The van der Waals surface area contributed by atoms with Crippen molar-refractivity contribution in [3.63, 3.8) is 0 Å². The van der Waals surface area contributed by atoms with Gasteiger partial charge in [-0.1, -0.05) is 68.9 Å². The highest BCUT2D eigenvalue weighted by Gasteiger charge is 2.20. The summed E-state index contributed by atoms with van der Waals surface area (Å²) in [6.07, 6.45) is 0.961. The second-order valence-corrected chi connectivity index (χ2v) is 8.10. The lowest BCUT2D eigenvalue weighted by Gasteiger charge is -2.11. The first-order chi connectivity index (χ1) is 13.0. The van der Waals surface area contributed by atoms with Crippen molar-refractivity contribution in [1.29, 1.82) is 0 Å². The Labute approximate surface area is 164 Å². The maximum atomic E-state index is 12.7. The largest absolute Gasteiger partial charge is 0.293 e. The lowest BCUT2D eigenvalue weighted by Crippen LogP contribution is -2.14. The van der Waals surface area contributed by atoms with Crippen LogP contribution in [0.5, 0.6) is 0 Å². The van der Waals surface area contributed by atoms with Gasteiger partial charge in [0.25, 0.3) is 0 Å². The number of carbonyl (C=O) groups excluding carboxylic acids is 1. The quantitative estimate of drug-likeness (QED) is 0.439. The molecule has 0 aliphatic heterocycles. The molecule has 27 heavy (non-hydrogen) atoms. The molecule has 2 aromatic carbocycles. The molecular formula is C21H24N4OS. The molecule has 0 saturated heterocycles. The molecule has 0 saturated carbocycles. The molecule has 1 heterocycles. The van der Waals surface area contributed by atoms with E-state index in [2.05, 4.69) is 48.4 Å². The van der Waals surface area contributed by atoms with Crippen molar-refractivity contribution in [3.8, 4) is 5.69 Å². The number of Topliss-reactive ketones (excluding diaryl/α,β-unsaturated/α-hetero) is 1. The van der Waals surface area contributed by atoms with Gasteiger partial charge in [0.05, 0.1) is 10.9 Å². The van der Waals surface area contributed by atoms with E-state index in [1.54, 1.807) is 4.68 Å². The second kappa shape index (κ2) is 8.48. The molecule has 0 aliphatic rings. The molecular weight excluding hydrogens is 356 g/mol. The van der Waals surface area contributed by atoms with Gasteiger partial charge in [0.15, 0.2) is 5.78 Å². The fraction of sp³-hybridized carbons (Fsp3) is 0.333. The van der Waals surface area contributed by atoms with Gasteiger partial charge in [0, 0.05) is 5.56 Å². The van der Waals surface area contributed by atoms with Crippen LogP contribution in [0.3, 0.4) is 0 Å². The maximum Gasteiger partial charge on any atom is 0.214 e. The number of thioether (sulfide) groups is 1. The number of rotatable bonds is 7. The van der Waals surface area contributed by atoms with Crippen LogP contribution < -0.4 is 0 Å². The average Bonchev–Trinajstić information content (AvgIpc) is 3.15. The molecule has 0 unspecified atom stereocenters. The van der Waals surface area contributed by atoms with Gasteiger partial charge in [-0.15, -0.1) is 5.10 Å². The predicted octanol–water partition coefficient (Wildman–Crippen LogP) is 4.71. The number of carbonyl (C=O) groups is 1. The number of hydrogen-bond acceptors (Lipinski definition) is 5. The van der Waals surface area contributed by atoms with Gasteiger partial charge < -0.3 is 0 Å². The highest BCUT2D eigenvalue weighted by Crippen LogP contribution is 2.26. The third-order valence-electron chi connectivity index (χ3n) is 4.54. The normalized spacial score (nSPS) is 12.3. The summed E-state index contributed by atoms with van der Waals surface area (Å²) in [5, 5.41) is 12.3. The summed E-state index contributed by atoms with van der Waals surface area (Å²) in [7, 11) is 0. The Morgan fingerprint density at radius 3 is 2.30 bits per heavy atom. The van der Waals surface area contributed by atoms with E-state index in [4.69, 9.17) is 0 Å². The molecule has 140 valence electrons. The maximum absolute atomic E-state index is 12.7. The Balaban J connectivity index is 1.76. The monoisotopic (exact) mass is 380 g/mol. The number of aryl methyl sites for hydroxylation is 1. The van der Waals surface area contributed by atoms with E-state index in [9.17, 15) is 4.79 Å². The van der Waals surface area contributed by atoms with Gasteiger partial charge in [0.1, 0.15) is 0 Å². The van der Waals surface area contributed by atoms with Gasteiger partial charge in [-0.25, -0.2) is 0 Å². The summed E-state index contributed by atoms with van der Waals surface area (Å²) in [5.41, 5.74) is 4.09. The predicted molar refractivity (Wildman–Crippen MR) is 109 cm³/mol. The number of benzene rings is 2. The molecule has 0 bridgehead atoms. The first kappa shape index (κ1) is 19.3. The van der Waals surface area contributed by atoms with Crippen LogP contribution >= 0.6 is 11.8 Å². The summed E-state index contributed by atoms with van der Waals surface area (Å²) in [6, 6.07) is 16.0. The number of nitrogens with zero attached hydrogens (tertiary/aromatic N) is 4. The zero-order chi connectivity index (χ0) is 19.4. The fourth-order valence-corrected chi connectivity index (χ4v) is 3.65. The van der Waals surface area contributed by atoms with E-state index in [0.29, 0.717) is 16.6 Å². The minimum atomic E-state index is -0.280. The summed E-state index contributed by atoms with van der Waals surface area (Å²) < 4.78 is 1.68. The van der Waals surface area contributed by atoms with Crippen LogP contribution in [0.1, 0.15) is 55.1 Å². The van der Waals surface area contributed by atoms with Crippen molar-refractivity contribution in [1.82, 2.24) is 20.2 Å². The lowest BCUT2D eigenvalue weighted by atomic mass is 10.0. The van der Waals surface area contributed by atoms with Crippen LogP contribution in [0.2, 0.25) is 0 Å². The number of tetrazole rings is 1. The van der Waals surface area contributed by atoms with Crippen molar-refractivity contribution in [3.05, 3.63) is 65.2 Å². The van der Waals surface area contributed by atoms with Crippen molar-refractivity contribution < 1.29 is 4.79 Å². The zero-order valence-electron chi connectivity index (χ0n) is 16.1. The van der Waals surface area contributed by atoms with Crippen LogP contribution in [-0.4, -0.2) is 31.2 Å². The Bertz CT molecular complexity index is 901. The van der Waals surface area contributed by atoms with E-state index < -0.39 is 0 Å². The number of ketones is 1. The molecule has 1 aromatic heterocycles. The Hall–Kier alpha value is -2.47. The summed E-state index contributed by atoms with van der Waals surface area (Å²) in [6.45, 7) is 8.31. The smallest absolute Gasteiger partial charge is 0.214 e. The lowest BCUT2D eigenvalue weighted by molar-refractivity contribution is 0.0994. The highest BCUT2D eigenvalue weighted by atomic mass is 32.2. The van der Waals surface area contributed by atoms with Crippen LogP contribution in [0.15, 0.2) is 53.7 Å². The first-order valence-corrected chi connectivity index (χ1v) is 10.1. The van der Waals surface area contributed by atoms with E-state index in [1.807, 2.05) is 43.3 Å². The summed E-state index contributed by atoms with van der Waals surface area (Å²) in [5.74, 6) is 0.547. The van der Waals surface area contributed by atoms with E-state index >= 15 is 0 Å². The Morgan fingerprint density at radius 2 is 1.70 bits per heavy atom. The highest BCUT2D eigenvalue weighted by molar-refractivity contribution is 8.00. The van der Waals surface area contributed by atoms with Gasteiger partial charge in [-0.3, -0.25) is 4.79 Å². The molecule has 1 atom stereocenters. The van der Waals surface area contributed by atoms with E-state index in [1.165, 1.54) is 22.9 Å². The Kier molecular flexibility index (Phi) is 6.06. The third kappa shape index (κ3) is 4.45. The fourth-order valence-electron chi connectivity index (χ4n) is 2.77. The van der Waals surface area contributed by atoms with Crippen molar-refractivity contribution >= 4 is 17.5 Å². The summed E-state index contributed by atoms with van der Waals surface area (Å²) in [4.78, 5) is 12.7. The number of hydrogen-bond donors (Lipinski definition) is 0. The molecule has 0 aliphatic carbocycles. The first-order valence-electron chi connectivity index (χ1n) is 9.18. The standard InChI is InChI=1S/C21H24N4OS/c1-5-16-6-8-18(9-7-16)20(26)15(4)27-21-22-23-24-25(21)19-12-10-17(11-13-19)14(2)3/h6-15H,5H2,1-4H3/t15-/m1/s1. The molecule has 0 N–H and O–H groups in total. The van der Waals surface area contributed by atoms with Crippen molar-refractivity contribution in [2.45, 2.75) is 50.4 Å². The van der Waals surface area contributed by atoms with Crippen molar-refractivity contribution in [2.75, 3.05) is 0 Å². The average molecular weight is 381 g/mol. The second-order valence-electron chi connectivity index (χ2n) is 6.79. The molecule has 3 aromatic rings. The zero-order valence-corrected chi connectivity index (χ0v) is 16.9. The topological polar surface area (TPSA) is 60.7 Å². The van der Waals surface area contributed by atoms with Crippen LogP contribution in [0.25, 0.3) is 5.69 Å². The van der Waals surface area contributed by atoms with Crippen LogP contribution in [0, 0.1) is 0 Å². The van der Waals surface area contributed by atoms with Crippen molar-refractivity contribution in [2.24, 2.45) is 0 Å². The Morgan fingerprint density at radius 1 is 1.04 bits per heavy atom. The van der Waals surface area contributed by atoms with Gasteiger partial charge in [0.2, 0.25) is 5.16 Å². The molecule has 0 amide bonds. The molecule has 3 rings (SSSR count).